The van der Waals surface area contributed by atoms with E-state index in [4.69, 9.17) is 4.42 Å². The molecule has 0 saturated carbocycles. The van der Waals surface area contributed by atoms with Crippen LogP contribution in [-0.2, 0) is 24.1 Å². The molecule has 0 atom stereocenters. The van der Waals surface area contributed by atoms with Gasteiger partial charge in [0.25, 0.3) is 0 Å². The summed E-state index contributed by atoms with van der Waals surface area (Å²) in [6.07, 6.45) is 6.19. The average Bonchev–Trinajstić information content (AvgIpc) is 3.33. The van der Waals surface area contributed by atoms with Crippen LogP contribution in [-0.4, -0.2) is 10.9 Å². The van der Waals surface area contributed by atoms with Crippen LogP contribution in [0.25, 0.3) is 11.3 Å². The minimum atomic E-state index is -0.0405. The molecule has 1 amide bonds. The maximum atomic E-state index is 12.0. The first-order valence-corrected chi connectivity index (χ1v) is 9.06. The van der Waals surface area contributed by atoms with Crippen molar-refractivity contribution in [2.45, 2.75) is 32.1 Å². The number of fused-ring (bicyclic) bond motifs is 1. The number of hydrogen-bond acceptors (Lipinski definition) is 4. The smallest absolute Gasteiger partial charge is 0.226 e. The summed E-state index contributed by atoms with van der Waals surface area (Å²) in [5.74, 6) is 0.782. The van der Waals surface area contributed by atoms with E-state index in [1.54, 1.807) is 6.26 Å². The molecule has 0 unspecified atom stereocenters. The summed E-state index contributed by atoms with van der Waals surface area (Å²) in [6, 6.07) is 10.3. The van der Waals surface area contributed by atoms with Crippen LogP contribution in [0.3, 0.4) is 0 Å². The van der Waals surface area contributed by atoms with Gasteiger partial charge in [0.1, 0.15) is 5.76 Å². The molecule has 24 heavy (non-hydrogen) atoms. The van der Waals surface area contributed by atoms with Gasteiger partial charge < -0.3 is 9.73 Å². The van der Waals surface area contributed by atoms with Crippen LogP contribution in [0, 0.1) is 0 Å². The van der Waals surface area contributed by atoms with Gasteiger partial charge in [-0.3, -0.25) is 4.79 Å². The zero-order valence-electron chi connectivity index (χ0n) is 13.2. The first kappa shape index (κ1) is 15.1. The normalized spacial score (nSPS) is 13.0. The Bertz CT molecular complexity index is 852. The second kappa shape index (κ2) is 6.61. The second-order valence-electron chi connectivity index (χ2n) is 6.00. The molecule has 0 fully saturated rings. The van der Waals surface area contributed by atoms with Gasteiger partial charge in [-0.1, -0.05) is 12.1 Å². The second-order valence-corrected chi connectivity index (χ2v) is 6.86. The van der Waals surface area contributed by atoms with E-state index < -0.39 is 0 Å². The van der Waals surface area contributed by atoms with Crippen LogP contribution in [0.5, 0.6) is 0 Å². The summed E-state index contributed by atoms with van der Waals surface area (Å²) >= 11 is 1.46. The number of nitrogens with one attached hydrogen (secondary N) is 1. The van der Waals surface area contributed by atoms with Crippen molar-refractivity contribution in [3.63, 3.8) is 0 Å². The Morgan fingerprint density at radius 1 is 1.25 bits per heavy atom. The number of amides is 1. The number of anilines is 1. The van der Waals surface area contributed by atoms with Crippen molar-refractivity contribution >= 4 is 22.4 Å². The molecule has 0 aliphatic heterocycles. The van der Waals surface area contributed by atoms with E-state index in [1.165, 1.54) is 35.3 Å². The molecular formula is C19H18N2O2S. The Hall–Kier alpha value is -2.40. The van der Waals surface area contributed by atoms with Crippen molar-refractivity contribution < 1.29 is 9.21 Å². The SMILES string of the molecule is O=C(CCc1ccco1)Nc1nc(-c2ccc3c(c2)CCC3)cs1. The zero-order valence-corrected chi connectivity index (χ0v) is 14.1. The predicted octanol–water partition coefficient (Wildman–Crippen LogP) is 4.46. The molecular weight excluding hydrogens is 320 g/mol. The van der Waals surface area contributed by atoms with Crippen molar-refractivity contribution in [2.75, 3.05) is 5.32 Å². The van der Waals surface area contributed by atoms with Crippen molar-refractivity contribution in [1.29, 1.82) is 0 Å². The standard InChI is InChI=1S/C19H18N2O2S/c22-18(9-8-16-5-2-10-23-16)21-19-20-17(12-24-19)15-7-6-13-3-1-4-14(13)11-15/h2,5-7,10-12H,1,3-4,8-9H2,(H,20,21,22). The van der Waals surface area contributed by atoms with E-state index >= 15 is 0 Å². The minimum Gasteiger partial charge on any atom is -0.469 e. The quantitative estimate of drug-likeness (QED) is 0.747. The lowest BCUT2D eigenvalue weighted by Gasteiger charge is -2.02. The monoisotopic (exact) mass is 338 g/mol. The lowest BCUT2D eigenvalue weighted by Crippen LogP contribution is -2.11. The Labute approximate surface area is 144 Å². The van der Waals surface area contributed by atoms with Gasteiger partial charge in [-0.2, -0.15) is 0 Å². The molecule has 0 spiro atoms. The van der Waals surface area contributed by atoms with Crippen molar-refractivity contribution in [1.82, 2.24) is 4.98 Å². The molecule has 4 rings (SSSR count). The third-order valence-electron chi connectivity index (χ3n) is 4.32. The number of carbonyl (C=O) groups excluding carboxylic acids is 1. The van der Waals surface area contributed by atoms with Crippen LogP contribution < -0.4 is 5.32 Å². The number of thiazole rings is 1. The Morgan fingerprint density at radius 2 is 2.17 bits per heavy atom. The molecule has 1 N–H and O–H groups in total. The van der Waals surface area contributed by atoms with E-state index in [1.807, 2.05) is 17.5 Å². The highest BCUT2D eigenvalue weighted by Gasteiger charge is 2.13. The van der Waals surface area contributed by atoms with Crippen LogP contribution >= 0.6 is 11.3 Å². The molecule has 1 aliphatic carbocycles. The van der Waals surface area contributed by atoms with Gasteiger partial charge >= 0.3 is 0 Å². The molecule has 1 aliphatic rings. The fourth-order valence-corrected chi connectivity index (χ4v) is 3.80. The number of carbonyl (C=O) groups is 1. The number of aryl methyl sites for hydroxylation is 3. The molecule has 3 aromatic rings. The summed E-state index contributed by atoms with van der Waals surface area (Å²) in [4.78, 5) is 16.6. The van der Waals surface area contributed by atoms with E-state index in [2.05, 4.69) is 28.5 Å². The van der Waals surface area contributed by atoms with Crippen LogP contribution in [0.1, 0.15) is 29.7 Å². The molecule has 2 heterocycles. The summed E-state index contributed by atoms with van der Waals surface area (Å²) in [5.41, 5.74) is 4.95. The van der Waals surface area contributed by atoms with Gasteiger partial charge in [-0.05, 0) is 48.6 Å². The highest BCUT2D eigenvalue weighted by atomic mass is 32.1. The zero-order chi connectivity index (χ0) is 16.4. The Morgan fingerprint density at radius 3 is 3.04 bits per heavy atom. The van der Waals surface area contributed by atoms with Crippen LogP contribution in [0.15, 0.2) is 46.4 Å². The van der Waals surface area contributed by atoms with E-state index in [0.29, 0.717) is 18.0 Å². The van der Waals surface area contributed by atoms with Gasteiger partial charge in [0.2, 0.25) is 5.91 Å². The molecule has 2 aromatic heterocycles. The minimum absolute atomic E-state index is 0.0405. The molecule has 5 heteroatoms. The van der Waals surface area contributed by atoms with E-state index in [-0.39, 0.29) is 5.91 Å². The fourth-order valence-electron chi connectivity index (χ4n) is 3.07. The highest BCUT2D eigenvalue weighted by molar-refractivity contribution is 7.14. The first-order valence-electron chi connectivity index (χ1n) is 8.18. The van der Waals surface area contributed by atoms with Crippen LogP contribution in [0.4, 0.5) is 5.13 Å². The largest absolute Gasteiger partial charge is 0.469 e. The molecule has 4 nitrogen and oxygen atoms in total. The average molecular weight is 338 g/mol. The highest BCUT2D eigenvalue weighted by Crippen LogP contribution is 2.30. The third kappa shape index (κ3) is 3.26. The maximum Gasteiger partial charge on any atom is 0.226 e. The maximum absolute atomic E-state index is 12.0. The number of benzene rings is 1. The lowest BCUT2D eigenvalue weighted by molar-refractivity contribution is -0.116. The number of hydrogen-bond donors (Lipinski definition) is 1. The van der Waals surface area contributed by atoms with Gasteiger partial charge in [-0.15, -0.1) is 11.3 Å². The fraction of sp³-hybridized carbons (Fsp3) is 0.263. The topological polar surface area (TPSA) is 55.1 Å². The summed E-state index contributed by atoms with van der Waals surface area (Å²) in [5, 5.41) is 5.52. The molecule has 0 saturated heterocycles. The van der Waals surface area contributed by atoms with Crippen molar-refractivity contribution in [3.05, 3.63) is 58.9 Å². The number of furan rings is 1. The Balaban J connectivity index is 1.40. The van der Waals surface area contributed by atoms with Crippen molar-refractivity contribution in [2.24, 2.45) is 0 Å². The predicted molar refractivity (Wildman–Crippen MR) is 95.2 cm³/mol. The van der Waals surface area contributed by atoms with Gasteiger partial charge in [0.05, 0.1) is 12.0 Å². The van der Waals surface area contributed by atoms with Gasteiger partial charge in [0.15, 0.2) is 5.13 Å². The van der Waals surface area contributed by atoms with Crippen molar-refractivity contribution in [3.8, 4) is 11.3 Å². The number of aromatic nitrogens is 1. The molecule has 1 aromatic carbocycles. The number of rotatable bonds is 5. The first-order chi connectivity index (χ1) is 11.8. The lowest BCUT2D eigenvalue weighted by atomic mass is 10.1. The third-order valence-corrected chi connectivity index (χ3v) is 5.08. The summed E-state index contributed by atoms with van der Waals surface area (Å²) in [7, 11) is 0. The molecule has 122 valence electrons. The molecule has 0 radical (unpaired) electrons. The number of nitrogens with zero attached hydrogens (tertiary/aromatic N) is 1. The Kier molecular flexibility index (Phi) is 4.17. The summed E-state index contributed by atoms with van der Waals surface area (Å²) < 4.78 is 5.24. The van der Waals surface area contributed by atoms with Gasteiger partial charge in [0, 0.05) is 23.8 Å². The molecule has 0 bridgehead atoms. The van der Waals surface area contributed by atoms with Crippen LogP contribution in [0.2, 0.25) is 0 Å². The van der Waals surface area contributed by atoms with Gasteiger partial charge in [-0.25, -0.2) is 4.98 Å². The van der Waals surface area contributed by atoms with E-state index in [9.17, 15) is 4.79 Å². The van der Waals surface area contributed by atoms with E-state index in [0.717, 1.165) is 23.4 Å². The summed E-state index contributed by atoms with van der Waals surface area (Å²) in [6.45, 7) is 0.